The van der Waals surface area contributed by atoms with Gasteiger partial charge in [-0.05, 0) is 38.5 Å². The molecule has 1 aliphatic rings. The molecule has 1 aromatic carbocycles. The number of aromatic nitrogens is 3. The van der Waals surface area contributed by atoms with E-state index in [1.807, 2.05) is 24.4 Å². The fourth-order valence-corrected chi connectivity index (χ4v) is 4.14. The van der Waals surface area contributed by atoms with Crippen LogP contribution in [0.1, 0.15) is 29.4 Å². The molecular formula is C25H34IN7. The van der Waals surface area contributed by atoms with Gasteiger partial charge in [0.1, 0.15) is 5.82 Å². The minimum atomic E-state index is 0. The number of benzene rings is 1. The van der Waals surface area contributed by atoms with Gasteiger partial charge in [-0.25, -0.2) is 9.98 Å². The monoisotopic (exact) mass is 559 g/mol. The Labute approximate surface area is 213 Å². The van der Waals surface area contributed by atoms with Crippen LogP contribution in [0.15, 0.2) is 59.7 Å². The second kappa shape index (κ2) is 12.0. The van der Waals surface area contributed by atoms with Gasteiger partial charge in [0.2, 0.25) is 0 Å². The van der Waals surface area contributed by atoms with Crippen LogP contribution >= 0.6 is 24.0 Å². The molecule has 4 rings (SSSR count). The Balaban J connectivity index is 0.00000306. The second-order valence-corrected chi connectivity index (χ2v) is 8.12. The van der Waals surface area contributed by atoms with E-state index in [0.29, 0.717) is 6.54 Å². The second-order valence-electron chi connectivity index (χ2n) is 8.12. The lowest BCUT2D eigenvalue weighted by molar-refractivity contribution is 0.371. The molecule has 176 valence electrons. The molecule has 0 amide bonds. The molecule has 0 unspecified atom stereocenters. The largest absolute Gasteiger partial charge is 0.357 e. The maximum atomic E-state index is 4.99. The van der Waals surface area contributed by atoms with Crippen molar-refractivity contribution in [2.45, 2.75) is 33.9 Å². The molecule has 0 atom stereocenters. The normalized spacial score (nSPS) is 14.2. The number of piperazine rings is 1. The SMILES string of the molecule is CCNC(=NCc1c(C)nn(Cc2ccccc2)c1C)N1CCN(c2ccccn2)CC1.I. The predicted octanol–water partition coefficient (Wildman–Crippen LogP) is 3.85. The third-order valence-electron chi connectivity index (χ3n) is 5.98. The van der Waals surface area contributed by atoms with E-state index in [4.69, 9.17) is 10.1 Å². The Bertz CT molecular complexity index is 1030. The minimum absolute atomic E-state index is 0. The van der Waals surface area contributed by atoms with Gasteiger partial charge in [0.25, 0.3) is 0 Å². The van der Waals surface area contributed by atoms with E-state index in [-0.39, 0.29) is 24.0 Å². The van der Waals surface area contributed by atoms with E-state index in [0.717, 1.165) is 56.7 Å². The average molecular weight is 560 g/mol. The number of nitrogens with zero attached hydrogens (tertiary/aromatic N) is 6. The summed E-state index contributed by atoms with van der Waals surface area (Å²) in [6, 6.07) is 16.6. The topological polar surface area (TPSA) is 61.6 Å². The molecule has 1 saturated heterocycles. The third kappa shape index (κ3) is 6.25. The first kappa shape index (κ1) is 25.0. The molecule has 0 bridgehead atoms. The molecule has 3 aromatic rings. The number of guanidine groups is 1. The fraction of sp³-hybridized carbons (Fsp3) is 0.400. The quantitative estimate of drug-likeness (QED) is 0.283. The molecular weight excluding hydrogens is 525 g/mol. The molecule has 0 aliphatic carbocycles. The summed E-state index contributed by atoms with van der Waals surface area (Å²) in [4.78, 5) is 14.2. The zero-order valence-electron chi connectivity index (χ0n) is 19.7. The number of halogens is 1. The van der Waals surface area contributed by atoms with E-state index in [1.54, 1.807) is 0 Å². The molecule has 7 nitrogen and oxygen atoms in total. The van der Waals surface area contributed by atoms with Gasteiger partial charge >= 0.3 is 0 Å². The Morgan fingerprint density at radius 2 is 1.73 bits per heavy atom. The number of anilines is 1. The first-order valence-electron chi connectivity index (χ1n) is 11.4. The summed E-state index contributed by atoms with van der Waals surface area (Å²) in [7, 11) is 0. The van der Waals surface area contributed by atoms with Gasteiger partial charge in [0.15, 0.2) is 5.96 Å². The molecule has 1 fully saturated rings. The van der Waals surface area contributed by atoms with Crippen LogP contribution in [0.25, 0.3) is 0 Å². The number of aryl methyl sites for hydroxylation is 1. The van der Waals surface area contributed by atoms with Crippen molar-refractivity contribution in [3.05, 3.63) is 77.2 Å². The van der Waals surface area contributed by atoms with Crippen molar-refractivity contribution in [2.24, 2.45) is 4.99 Å². The van der Waals surface area contributed by atoms with Gasteiger partial charge in [-0.15, -0.1) is 24.0 Å². The first-order valence-corrected chi connectivity index (χ1v) is 11.4. The highest BCUT2D eigenvalue weighted by atomic mass is 127. The van der Waals surface area contributed by atoms with Crippen molar-refractivity contribution in [1.82, 2.24) is 25.0 Å². The van der Waals surface area contributed by atoms with Crippen LogP contribution in [0.3, 0.4) is 0 Å². The van der Waals surface area contributed by atoms with E-state index in [9.17, 15) is 0 Å². The van der Waals surface area contributed by atoms with Crippen molar-refractivity contribution in [3.8, 4) is 0 Å². The van der Waals surface area contributed by atoms with Crippen LogP contribution in [-0.2, 0) is 13.1 Å². The number of hydrogen-bond acceptors (Lipinski definition) is 4. The highest BCUT2D eigenvalue weighted by Gasteiger charge is 2.21. The molecule has 8 heteroatoms. The van der Waals surface area contributed by atoms with Crippen molar-refractivity contribution < 1.29 is 0 Å². The van der Waals surface area contributed by atoms with Gasteiger partial charge < -0.3 is 15.1 Å². The lowest BCUT2D eigenvalue weighted by Crippen LogP contribution is -2.52. The number of aliphatic imine (C=N–C) groups is 1. The van der Waals surface area contributed by atoms with Crippen molar-refractivity contribution in [2.75, 3.05) is 37.6 Å². The summed E-state index contributed by atoms with van der Waals surface area (Å²) < 4.78 is 2.09. The van der Waals surface area contributed by atoms with Gasteiger partial charge in [-0.1, -0.05) is 36.4 Å². The standard InChI is InChI=1S/C25H33N7.HI/c1-4-26-25(31-16-14-30(15-17-31)24-12-8-9-13-27-24)28-18-23-20(2)29-32(21(23)3)19-22-10-6-5-7-11-22;/h5-13H,4,14-19H2,1-3H3,(H,26,28);1H. The molecule has 1 aliphatic heterocycles. The predicted molar refractivity (Wildman–Crippen MR) is 145 cm³/mol. The van der Waals surface area contributed by atoms with E-state index >= 15 is 0 Å². The molecule has 33 heavy (non-hydrogen) atoms. The van der Waals surface area contributed by atoms with Gasteiger partial charge in [0, 0.05) is 50.2 Å². The van der Waals surface area contributed by atoms with Crippen LogP contribution in [0.4, 0.5) is 5.82 Å². The average Bonchev–Trinajstić information content (AvgIpc) is 3.10. The Morgan fingerprint density at radius 1 is 1.00 bits per heavy atom. The van der Waals surface area contributed by atoms with Crippen molar-refractivity contribution in [1.29, 1.82) is 0 Å². The van der Waals surface area contributed by atoms with Crippen LogP contribution in [0.2, 0.25) is 0 Å². The van der Waals surface area contributed by atoms with Crippen molar-refractivity contribution >= 4 is 35.8 Å². The highest BCUT2D eigenvalue weighted by Crippen LogP contribution is 2.17. The number of rotatable bonds is 6. The summed E-state index contributed by atoms with van der Waals surface area (Å²) in [6.07, 6.45) is 1.86. The Hall–Kier alpha value is -2.62. The van der Waals surface area contributed by atoms with Crippen LogP contribution in [-0.4, -0.2) is 58.3 Å². The minimum Gasteiger partial charge on any atom is -0.357 e. The fourth-order valence-electron chi connectivity index (χ4n) is 4.14. The summed E-state index contributed by atoms with van der Waals surface area (Å²) >= 11 is 0. The van der Waals surface area contributed by atoms with Gasteiger partial charge in [-0.2, -0.15) is 5.10 Å². The molecule has 1 N–H and O–H groups in total. The lowest BCUT2D eigenvalue weighted by atomic mass is 10.2. The molecule has 0 radical (unpaired) electrons. The summed E-state index contributed by atoms with van der Waals surface area (Å²) in [5, 5.41) is 8.26. The maximum absolute atomic E-state index is 4.99. The van der Waals surface area contributed by atoms with Crippen LogP contribution in [0, 0.1) is 13.8 Å². The number of pyridine rings is 1. The van der Waals surface area contributed by atoms with Gasteiger partial charge in [0.05, 0.1) is 18.8 Å². The zero-order chi connectivity index (χ0) is 22.3. The lowest BCUT2D eigenvalue weighted by Gasteiger charge is -2.37. The smallest absolute Gasteiger partial charge is 0.194 e. The van der Waals surface area contributed by atoms with Crippen LogP contribution in [0.5, 0.6) is 0 Å². The summed E-state index contributed by atoms with van der Waals surface area (Å²) in [5.41, 5.74) is 4.71. The first-order chi connectivity index (χ1) is 15.7. The number of hydrogen-bond donors (Lipinski definition) is 1. The molecule has 2 aromatic heterocycles. The highest BCUT2D eigenvalue weighted by molar-refractivity contribution is 14.0. The van der Waals surface area contributed by atoms with Crippen molar-refractivity contribution in [3.63, 3.8) is 0 Å². The summed E-state index contributed by atoms with van der Waals surface area (Å²) in [6.45, 7) is 12.3. The Kier molecular flexibility index (Phi) is 9.11. The molecule has 0 spiro atoms. The van der Waals surface area contributed by atoms with E-state index in [2.05, 4.69) is 75.9 Å². The maximum Gasteiger partial charge on any atom is 0.194 e. The Morgan fingerprint density at radius 3 is 2.39 bits per heavy atom. The number of nitrogens with one attached hydrogen (secondary N) is 1. The summed E-state index contributed by atoms with van der Waals surface area (Å²) in [5.74, 6) is 2.02. The molecule has 0 saturated carbocycles. The zero-order valence-corrected chi connectivity index (χ0v) is 22.1. The van der Waals surface area contributed by atoms with E-state index in [1.165, 1.54) is 16.8 Å². The van der Waals surface area contributed by atoms with E-state index < -0.39 is 0 Å². The van der Waals surface area contributed by atoms with Gasteiger partial charge in [-0.3, -0.25) is 4.68 Å². The third-order valence-corrected chi connectivity index (χ3v) is 5.98. The molecule has 3 heterocycles. The van der Waals surface area contributed by atoms with Crippen LogP contribution < -0.4 is 10.2 Å².